The first kappa shape index (κ1) is 30.0. The molecule has 0 bridgehead atoms. The van der Waals surface area contributed by atoms with Crippen molar-refractivity contribution < 1.29 is 14.7 Å². The van der Waals surface area contributed by atoms with E-state index >= 15 is 0 Å². The van der Waals surface area contributed by atoms with Gasteiger partial charge in [0.15, 0.2) is 0 Å². The van der Waals surface area contributed by atoms with Crippen molar-refractivity contribution in [1.82, 2.24) is 15.5 Å². The summed E-state index contributed by atoms with van der Waals surface area (Å²) < 4.78 is 0. The summed E-state index contributed by atoms with van der Waals surface area (Å²) in [5.41, 5.74) is 6.44. The minimum Gasteiger partial charge on any atom is -0.390 e. The molecule has 0 aromatic heterocycles. The van der Waals surface area contributed by atoms with Crippen LogP contribution >= 0.6 is 12.4 Å². The molecule has 0 spiro atoms. The van der Waals surface area contributed by atoms with Crippen molar-refractivity contribution >= 4 is 35.0 Å². The van der Waals surface area contributed by atoms with Gasteiger partial charge < -0.3 is 26.4 Å². The van der Waals surface area contributed by atoms with E-state index in [0.717, 1.165) is 16.3 Å². The second-order valence-electron chi connectivity index (χ2n) is 10.1. The third kappa shape index (κ3) is 9.04. The van der Waals surface area contributed by atoms with Crippen LogP contribution in [0.2, 0.25) is 0 Å². The molecule has 5 N–H and O–H groups in total. The average Bonchev–Trinajstić information content (AvgIpc) is 3.16. The standard InChI is InChI=1S/C28H42N4O3.ClH/c1-20(19-32(2)24-11-5-3-4-6-12-24)27(34)31-26(28(35)30-18-25(33)17-29)16-21-13-14-22-9-7-8-10-23(22)15-21;/h7-10,13-15,20,24-26,33H,3-6,11-12,16-19,29H2,1-2H3,(H,30,35)(H,31,34);1H/t20?,25?,26-;/m1./s1. The fraction of sp³-hybridized carbons (Fsp3) is 0.571. The number of nitrogens with zero attached hydrogens (tertiary/aromatic N) is 1. The number of hydrogen-bond donors (Lipinski definition) is 4. The molecular weight excluding hydrogens is 476 g/mol. The second-order valence-corrected chi connectivity index (χ2v) is 10.1. The fourth-order valence-electron chi connectivity index (χ4n) is 4.91. The molecule has 7 nitrogen and oxygen atoms in total. The van der Waals surface area contributed by atoms with Crippen LogP contribution < -0.4 is 16.4 Å². The zero-order valence-corrected chi connectivity index (χ0v) is 22.4. The van der Waals surface area contributed by atoms with E-state index in [-0.39, 0.29) is 43.2 Å². The van der Waals surface area contributed by atoms with E-state index in [9.17, 15) is 14.7 Å². The molecule has 0 heterocycles. The summed E-state index contributed by atoms with van der Waals surface area (Å²) in [6, 6.07) is 13.9. The van der Waals surface area contributed by atoms with Crippen LogP contribution in [0.15, 0.2) is 42.5 Å². The number of aliphatic hydroxyl groups excluding tert-OH is 1. The van der Waals surface area contributed by atoms with Gasteiger partial charge in [-0.1, -0.05) is 75.1 Å². The molecule has 200 valence electrons. The molecule has 1 fully saturated rings. The minimum atomic E-state index is -0.817. The molecule has 0 radical (unpaired) electrons. The van der Waals surface area contributed by atoms with Gasteiger partial charge in [-0.2, -0.15) is 0 Å². The topological polar surface area (TPSA) is 108 Å². The predicted molar refractivity (Wildman–Crippen MR) is 148 cm³/mol. The van der Waals surface area contributed by atoms with E-state index in [0.29, 0.717) is 19.0 Å². The minimum absolute atomic E-state index is 0. The van der Waals surface area contributed by atoms with Crippen molar-refractivity contribution in [3.8, 4) is 0 Å². The molecule has 1 aliphatic carbocycles. The highest BCUT2D eigenvalue weighted by Gasteiger charge is 2.26. The maximum absolute atomic E-state index is 13.2. The molecule has 1 saturated carbocycles. The molecular formula is C28H43ClN4O3. The summed E-state index contributed by atoms with van der Waals surface area (Å²) in [6.45, 7) is 2.70. The Morgan fingerprint density at radius 2 is 1.72 bits per heavy atom. The summed E-state index contributed by atoms with van der Waals surface area (Å²) in [5.74, 6) is -0.695. The Hall–Kier alpha value is -2.19. The number of halogens is 1. The zero-order chi connectivity index (χ0) is 25.2. The third-order valence-electron chi connectivity index (χ3n) is 7.13. The lowest BCUT2D eigenvalue weighted by molar-refractivity contribution is -0.131. The summed E-state index contributed by atoms with van der Waals surface area (Å²) in [7, 11) is 2.10. The molecule has 0 aliphatic heterocycles. The Morgan fingerprint density at radius 3 is 2.39 bits per heavy atom. The van der Waals surface area contributed by atoms with E-state index in [1.54, 1.807) is 0 Å². The smallest absolute Gasteiger partial charge is 0.243 e. The van der Waals surface area contributed by atoms with E-state index in [1.807, 2.05) is 43.3 Å². The van der Waals surface area contributed by atoms with Crippen molar-refractivity contribution in [3.63, 3.8) is 0 Å². The number of benzene rings is 2. The van der Waals surface area contributed by atoms with Gasteiger partial charge in [0.05, 0.1) is 6.10 Å². The van der Waals surface area contributed by atoms with Crippen LogP contribution in [-0.2, 0) is 16.0 Å². The Kier molecular flexibility index (Phi) is 12.6. The first-order valence-electron chi connectivity index (χ1n) is 13.0. The molecule has 1 aliphatic rings. The molecule has 3 atom stereocenters. The quantitative estimate of drug-likeness (QED) is 0.342. The van der Waals surface area contributed by atoms with E-state index in [4.69, 9.17) is 5.73 Å². The van der Waals surface area contributed by atoms with E-state index in [1.165, 1.54) is 38.5 Å². The Bertz CT molecular complexity index is 965. The van der Waals surface area contributed by atoms with Crippen LogP contribution in [-0.4, -0.2) is 66.7 Å². The van der Waals surface area contributed by atoms with Gasteiger partial charge in [0.25, 0.3) is 0 Å². The third-order valence-corrected chi connectivity index (χ3v) is 7.13. The maximum atomic E-state index is 13.2. The van der Waals surface area contributed by atoms with Crippen LogP contribution in [0, 0.1) is 5.92 Å². The molecule has 2 amide bonds. The number of aliphatic hydroxyl groups is 1. The maximum Gasteiger partial charge on any atom is 0.243 e. The van der Waals surface area contributed by atoms with Crippen molar-refractivity contribution in [2.24, 2.45) is 11.7 Å². The molecule has 3 rings (SSSR count). The average molecular weight is 519 g/mol. The summed E-state index contributed by atoms with van der Waals surface area (Å²) in [4.78, 5) is 28.5. The fourth-order valence-corrected chi connectivity index (χ4v) is 4.91. The number of carbonyl (C=O) groups excluding carboxylic acids is 2. The van der Waals surface area contributed by atoms with Crippen LogP contribution in [0.5, 0.6) is 0 Å². The highest BCUT2D eigenvalue weighted by molar-refractivity contribution is 5.89. The normalized spacial score (nSPS) is 17.0. The van der Waals surface area contributed by atoms with Gasteiger partial charge in [-0.15, -0.1) is 12.4 Å². The number of carbonyl (C=O) groups is 2. The lowest BCUT2D eigenvalue weighted by Crippen LogP contribution is -2.52. The Labute approximate surface area is 221 Å². The predicted octanol–water partition coefficient (Wildman–Crippen LogP) is 3.02. The van der Waals surface area contributed by atoms with Gasteiger partial charge in [-0.3, -0.25) is 9.59 Å². The van der Waals surface area contributed by atoms with Gasteiger partial charge in [0.2, 0.25) is 11.8 Å². The second kappa shape index (κ2) is 15.2. The van der Waals surface area contributed by atoms with Crippen LogP contribution in [0.4, 0.5) is 0 Å². The van der Waals surface area contributed by atoms with Gasteiger partial charge in [0.1, 0.15) is 6.04 Å². The molecule has 2 aromatic rings. The summed E-state index contributed by atoms with van der Waals surface area (Å²) in [6.07, 6.45) is 7.00. The van der Waals surface area contributed by atoms with Crippen LogP contribution in [0.3, 0.4) is 0 Å². The molecule has 2 unspecified atom stereocenters. The van der Waals surface area contributed by atoms with Crippen molar-refractivity contribution in [3.05, 3.63) is 48.0 Å². The lowest BCUT2D eigenvalue weighted by Gasteiger charge is -2.30. The molecule has 8 heteroatoms. The SMILES string of the molecule is CC(CN(C)C1CCCCCC1)C(=O)N[C@H](Cc1ccc2ccccc2c1)C(=O)NCC(O)CN.Cl. The molecule has 36 heavy (non-hydrogen) atoms. The van der Waals surface area contributed by atoms with Gasteiger partial charge in [0, 0.05) is 38.0 Å². The number of nitrogens with two attached hydrogens (primary N) is 1. The zero-order valence-electron chi connectivity index (χ0n) is 21.6. The number of nitrogens with one attached hydrogen (secondary N) is 2. The number of fused-ring (bicyclic) bond motifs is 1. The van der Waals surface area contributed by atoms with Gasteiger partial charge in [-0.05, 0) is 36.2 Å². The summed E-state index contributed by atoms with van der Waals surface area (Å²) >= 11 is 0. The van der Waals surface area contributed by atoms with Crippen molar-refractivity contribution in [1.29, 1.82) is 0 Å². The van der Waals surface area contributed by atoms with Crippen molar-refractivity contribution in [2.75, 3.05) is 26.7 Å². The van der Waals surface area contributed by atoms with Gasteiger partial charge in [-0.25, -0.2) is 0 Å². The van der Waals surface area contributed by atoms with Gasteiger partial charge >= 0.3 is 0 Å². The van der Waals surface area contributed by atoms with Crippen LogP contribution in [0.25, 0.3) is 10.8 Å². The number of amides is 2. The molecule has 2 aromatic carbocycles. The van der Waals surface area contributed by atoms with Crippen molar-refractivity contribution in [2.45, 2.75) is 70.1 Å². The molecule has 0 saturated heterocycles. The first-order chi connectivity index (χ1) is 16.9. The Morgan fingerprint density at radius 1 is 1.06 bits per heavy atom. The largest absolute Gasteiger partial charge is 0.390 e. The highest BCUT2D eigenvalue weighted by atomic mass is 35.5. The van der Waals surface area contributed by atoms with E-state index < -0.39 is 12.1 Å². The number of rotatable bonds is 11. The monoisotopic (exact) mass is 518 g/mol. The lowest BCUT2D eigenvalue weighted by atomic mass is 10.00. The highest BCUT2D eigenvalue weighted by Crippen LogP contribution is 2.22. The number of hydrogen-bond acceptors (Lipinski definition) is 5. The Balaban J connectivity index is 0.00000456. The first-order valence-corrected chi connectivity index (χ1v) is 13.0. The van der Waals surface area contributed by atoms with Crippen LogP contribution in [0.1, 0.15) is 51.0 Å². The summed E-state index contributed by atoms with van der Waals surface area (Å²) in [5, 5.41) is 17.7. The van der Waals surface area contributed by atoms with E-state index in [2.05, 4.69) is 28.6 Å².